The largest absolute Gasteiger partial charge is 0.496 e. The number of ether oxygens (including phenoxy) is 1. The second kappa shape index (κ2) is 7.53. The molecule has 2 rings (SSSR count). The Balaban J connectivity index is 1.95. The Hall–Kier alpha value is -2.44. The van der Waals surface area contributed by atoms with Gasteiger partial charge < -0.3 is 10.1 Å². The van der Waals surface area contributed by atoms with Gasteiger partial charge in [-0.3, -0.25) is 10.0 Å². The van der Waals surface area contributed by atoms with Crippen LogP contribution in [0, 0.1) is 5.82 Å². The zero-order chi connectivity index (χ0) is 15.9. The van der Waals surface area contributed by atoms with E-state index >= 15 is 0 Å². The van der Waals surface area contributed by atoms with E-state index in [1.807, 2.05) is 0 Å². The second-order valence-corrected chi connectivity index (χ2v) is 4.66. The van der Waals surface area contributed by atoms with Crippen molar-refractivity contribution in [3.63, 3.8) is 0 Å². The average molecular weight is 304 g/mol. The van der Waals surface area contributed by atoms with Gasteiger partial charge in [0, 0.05) is 24.2 Å². The van der Waals surface area contributed by atoms with Crippen molar-refractivity contribution in [3.8, 4) is 5.75 Å². The minimum absolute atomic E-state index is 0.318. The van der Waals surface area contributed by atoms with E-state index in [4.69, 9.17) is 9.94 Å². The summed E-state index contributed by atoms with van der Waals surface area (Å²) < 4.78 is 18.9. The van der Waals surface area contributed by atoms with Crippen molar-refractivity contribution >= 4 is 5.91 Å². The summed E-state index contributed by atoms with van der Waals surface area (Å²) in [6.07, 6.45) is 0. The Morgan fingerprint density at radius 1 is 1.18 bits per heavy atom. The van der Waals surface area contributed by atoms with Crippen molar-refractivity contribution in [2.24, 2.45) is 0 Å². The first-order valence-corrected chi connectivity index (χ1v) is 6.71. The molecule has 1 amide bonds. The SMILES string of the molecule is COc1cccc(F)c1CNCc1ccc(C(=O)NO)cc1. The topological polar surface area (TPSA) is 70.6 Å². The average Bonchev–Trinajstić information content (AvgIpc) is 2.56. The number of rotatable bonds is 6. The van der Waals surface area contributed by atoms with Gasteiger partial charge in [-0.15, -0.1) is 0 Å². The van der Waals surface area contributed by atoms with E-state index in [2.05, 4.69) is 5.32 Å². The van der Waals surface area contributed by atoms with Crippen LogP contribution < -0.4 is 15.5 Å². The quantitative estimate of drug-likeness (QED) is 0.565. The van der Waals surface area contributed by atoms with Crippen molar-refractivity contribution in [1.82, 2.24) is 10.8 Å². The lowest BCUT2D eigenvalue weighted by Gasteiger charge is -2.11. The molecule has 0 heterocycles. The summed E-state index contributed by atoms with van der Waals surface area (Å²) >= 11 is 0. The summed E-state index contributed by atoms with van der Waals surface area (Å²) in [6, 6.07) is 11.4. The van der Waals surface area contributed by atoms with Gasteiger partial charge in [-0.05, 0) is 29.8 Å². The number of carbonyl (C=O) groups excluding carboxylic acids is 1. The molecule has 2 aromatic rings. The molecule has 116 valence electrons. The van der Waals surface area contributed by atoms with Crippen molar-refractivity contribution in [1.29, 1.82) is 0 Å². The van der Waals surface area contributed by atoms with E-state index in [1.54, 1.807) is 41.9 Å². The third kappa shape index (κ3) is 3.81. The molecule has 0 unspecified atom stereocenters. The lowest BCUT2D eigenvalue weighted by atomic mass is 10.1. The van der Waals surface area contributed by atoms with Crippen LogP contribution in [0.15, 0.2) is 42.5 Å². The number of hydroxylamine groups is 1. The highest BCUT2D eigenvalue weighted by atomic mass is 19.1. The highest BCUT2D eigenvalue weighted by Gasteiger charge is 2.08. The van der Waals surface area contributed by atoms with Crippen LogP contribution in [0.4, 0.5) is 4.39 Å². The van der Waals surface area contributed by atoms with Crippen LogP contribution >= 0.6 is 0 Å². The highest BCUT2D eigenvalue weighted by Crippen LogP contribution is 2.20. The summed E-state index contributed by atoms with van der Waals surface area (Å²) in [7, 11) is 1.50. The molecule has 0 spiro atoms. The van der Waals surface area contributed by atoms with E-state index in [0.29, 0.717) is 30.0 Å². The summed E-state index contributed by atoms with van der Waals surface area (Å²) in [4.78, 5) is 11.2. The van der Waals surface area contributed by atoms with Gasteiger partial charge >= 0.3 is 0 Å². The number of carbonyl (C=O) groups is 1. The predicted molar refractivity (Wildman–Crippen MR) is 79.2 cm³/mol. The standard InChI is InChI=1S/C16H17FN2O3/c1-22-15-4-2-3-14(17)13(15)10-18-9-11-5-7-12(8-6-11)16(20)19-21/h2-8,18,21H,9-10H2,1H3,(H,19,20). The van der Waals surface area contributed by atoms with Crippen molar-refractivity contribution in [2.45, 2.75) is 13.1 Å². The van der Waals surface area contributed by atoms with Gasteiger partial charge in [0.1, 0.15) is 11.6 Å². The van der Waals surface area contributed by atoms with E-state index in [0.717, 1.165) is 5.56 Å². The number of halogens is 1. The Morgan fingerprint density at radius 3 is 2.55 bits per heavy atom. The third-order valence-electron chi connectivity index (χ3n) is 3.24. The zero-order valence-electron chi connectivity index (χ0n) is 12.1. The van der Waals surface area contributed by atoms with Crippen LogP contribution in [0.2, 0.25) is 0 Å². The number of methoxy groups -OCH3 is 1. The Labute approximate surface area is 127 Å². The van der Waals surface area contributed by atoms with Gasteiger partial charge in [-0.2, -0.15) is 0 Å². The van der Waals surface area contributed by atoms with Crippen molar-refractivity contribution in [2.75, 3.05) is 7.11 Å². The molecule has 22 heavy (non-hydrogen) atoms. The van der Waals surface area contributed by atoms with Crippen LogP contribution in [0.5, 0.6) is 5.75 Å². The molecule has 0 aliphatic rings. The molecule has 0 saturated heterocycles. The molecule has 6 heteroatoms. The zero-order valence-corrected chi connectivity index (χ0v) is 12.1. The fourth-order valence-corrected chi connectivity index (χ4v) is 2.07. The number of hydrogen-bond donors (Lipinski definition) is 3. The van der Waals surface area contributed by atoms with Crippen LogP contribution in [0.1, 0.15) is 21.5 Å². The predicted octanol–water partition coefficient (Wildman–Crippen LogP) is 2.24. The number of hydrogen-bond acceptors (Lipinski definition) is 4. The first kappa shape index (κ1) is 15.9. The van der Waals surface area contributed by atoms with E-state index in [9.17, 15) is 9.18 Å². The second-order valence-electron chi connectivity index (χ2n) is 4.66. The Morgan fingerprint density at radius 2 is 1.91 bits per heavy atom. The van der Waals surface area contributed by atoms with E-state index in [-0.39, 0.29) is 5.82 Å². The molecule has 0 saturated carbocycles. The molecule has 5 nitrogen and oxygen atoms in total. The van der Waals surface area contributed by atoms with Crippen molar-refractivity contribution < 1.29 is 19.1 Å². The molecule has 0 aromatic heterocycles. The maximum atomic E-state index is 13.8. The maximum Gasteiger partial charge on any atom is 0.274 e. The number of amides is 1. The molecular formula is C16H17FN2O3. The monoisotopic (exact) mass is 304 g/mol. The van der Waals surface area contributed by atoms with E-state index < -0.39 is 5.91 Å². The van der Waals surface area contributed by atoms with Gasteiger partial charge in [-0.1, -0.05) is 18.2 Å². The summed E-state index contributed by atoms with van der Waals surface area (Å²) in [5.74, 6) is -0.375. The third-order valence-corrected chi connectivity index (χ3v) is 3.24. The molecule has 2 aromatic carbocycles. The molecule has 0 aliphatic heterocycles. The van der Waals surface area contributed by atoms with Crippen LogP contribution in [-0.2, 0) is 13.1 Å². The molecule has 3 N–H and O–H groups in total. The van der Waals surface area contributed by atoms with E-state index in [1.165, 1.54) is 13.2 Å². The summed E-state index contributed by atoms with van der Waals surface area (Å²) in [6.45, 7) is 0.841. The van der Waals surface area contributed by atoms with Gasteiger partial charge in [0.05, 0.1) is 7.11 Å². The van der Waals surface area contributed by atoms with Gasteiger partial charge in [-0.25, -0.2) is 9.87 Å². The number of nitrogens with one attached hydrogen (secondary N) is 2. The van der Waals surface area contributed by atoms with Crippen molar-refractivity contribution in [3.05, 3.63) is 65.0 Å². The molecular weight excluding hydrogens is 287 g/mol. The summed E-state index contributed by atoms with van der Waals surface area (Å²) in [5.41, 5.74) is 3.35. The minimum atomic E-state index is -0.560. The first-order valence-electron chi connectivity index (χ1n) is 6.71. The fraction of sp³-hybridized carbons (Fsp3) is 0.188. The molecule has 0 radical (unpaired) electrons. The smallest absolute Gasteiger partial charge is 0.274 e. The molecule has 0 atom stereocenters. The minimum Gasteiger partial charge on any atom is -0.496 e. The van der Waals surface area contributed by atoms with Gasteiger partial charge in [0.15, 0.2) is 0 Å². The highest BCUT2D eigenvalue weighted by molar-refractivity contribution is 5.93. The molecule has 0 bridgehead atoms. The van der Waals surface area contributed by atoms with Gasteiger partial charge in [0.25, 0.3) is 5.91 Å². The molecule has 0 aliphatic carbocycles. The van der Waals surface area contributed by atoms with Gasteiger partial charge in [0.2, 0.25) is 0 Å². The first-order chi connectivity index (χ1) is 10.7. The number of benzene rings is 2. The normalized spacial score (nSPS) is 10.3. The maximum absolute atomic E-state index is 13.8. The van der Waals surface area contributed by atoms with Crippen LogP contribution in [-0.4, -0.2) is 18.2 Å². The Bertz CT molecular complexity index is 644. The van der Waals surface area contributed by atoms with Crippen LogP contribution in [0.25, 0.3) is 0 Å². The molecule has 0 fully saturated rings. The Kier molecular flexibility index (Phi) is 5.46. The summed E-state index contributed by atoms with van der Waals surface area (Å²) in [5, 5.41) is 11.7. The fourth-order valence-electron chi connectivity index (χ4n) is 2.07. The lowest BCUT2D eigenvalue weighted by molar-refractivity contribution is 0.0706. The lowest BCUT2D eigenvalue weighted by Crippen LogP contribution is -2.18. The van der Waals surface area contributed by atoms with Crippen LogP contribution in [0.3, 0.4) is 0 Å².